The van der Waals surface area contributed by atoms with Crippen LogP contribution in [0.2, 0.25) is 0 Å². The van der Waals surface area contributed by atoms with Gasteiger partial charge in [-0.05, 0) is 64.4 Å². The Kier molecular flexibility index (Phi) is 9.74. The third-order valence-corrected chi connectivity index (χ3v) is 11.0. The molecule has 14 heteroatoms. The number of hydrogen-bond acceptors (Lipinski definition) is 9. The van der Waals surface area contributed by atoms with E-state index in [9.17, 15) is 27.9 Å². The zero-order chi connectivity index (χ0) is 31.6. The highest BCUT2D eigenvalue weighted by Gasteiger charge is 2.51. The summed E-state index contributed by atoms with van der Waals surface area (Å²) in [5, 5.41) is 12.5. The van der Waals surface area contributed by atoms with Gasteiger partial charge in [0, 0.05) is 55.3 Å². The van der Waals surface area contributed by atoms with Crippen LogP contribution in [0, 0.1) is 0 Å². The normalized spacial score (nSPS) is 20.4. The van der Waals surface area contributed by atoms with Gasteiger partial charge in [0.1, 0.15) is 22.7 Å². The highest BCUT2D eigenvalue weighted by molar-refractivity contribution is 8.02. The zero-order valence-corrected chi connectivity index (χ0v) is 26.7. The Morgan fingerprint density at radius 2 is 1.77 bits per heavy atom. The number of nitrogens with zero attached hydrogens (tertiary/aromatic N) is 4. The lowest BCUT2D eigenvalue weighted by Gasteiger charge is -2.41. The Hall–Kier alpha value is -3.20. The van der Waals surface area contributed by atoms with E-state index in [1.54, 1.807) is 43.0 Å². The fourth-order valence-corrected chi connectivity index (χ4v) is 8.26. The maximum atomic E-state index is 13.5. The quantitative estimate of drug-likeness (QED) is 0.444. The van der Waals surface area contributed by atoms with E-state index in [0.717, 1.165) is 17.4 Å². The van der Waals surface area contributed by atoms with Gasteiger partial charge in [0.15, 0.2) is 0 Å². The molecule has 0 saturated carbocycles. The number of hydrogen-bond donors (Lipinski definition) is 2. The summed E-state index contributed by atoms with van der Waals surface area (Å²) in [5.74, 6) is -1.61. The molecule has 1 aromatic heterocycles. The number of carboxylic acid groups (broad SMARTS) is 1. The van der Waals surface area contributed by atoms with E-state index >= 15 is 0 Å². The van der Waals surface area contributed by atoms with E-state index in [1.807, 2.05) is 0 Å². The van der Waals surface area contributed by atoms with Gasteiger partial charge in [-0.25, -0.2) is 18.0 Å². The van der Waals surface area contributed by atoms with Crippen LogP contribution in [0.1, 0.15) is 40.2 Å². The average molecular weight is 634 g/mol. The van der Waals surface area contributed by atoms with Gasteiger partial charge < -0.3 is 20.1 Å². The molecule has 43 heavy (non-hydrogen) atoms. The molecule has 4 rings (SSSR count). The second-order valence-corrected chi connectivity index (χ2v) is 15.6. The third-order valence-electron chi connectivity index (χ3n) is 7.67. The smallest absolute Gasteiger partial charge is 0.415 e. The Balaban J connectivity index is 1.39. The number of sulfonamides is 1. The highest BCUT2D eigenvalue weighted by atomic mass is 32.2. The van der Waals surface area contributed by atoms with E-state index in [1.165, 1.54) is 36.3 Å². The van der Waals surface area contributed by atoms with E-state index < -0.39 is 44.8 Å². The van der Waals surface area contributed by atoms with Gasteiger partial charge in [-0.1, -0.05) is 12.1 Å². The molecular weight excluding hydrogens is 594 g/mol. The molecule has 0 aliphatic carbocycles. The van der Waals surface area contributed by atoms with Gasteiger partial charge in [0.2, 0.25) is 15.9 Å². The van der Waals surface area contributed by atoms with Gasteiger partial charge in [0.05, 0.1) is 5.88 Å². The lowest BCUT2D eigenvalue weighted by molar-refractivity contribution is -0.142. The summed E-state index contributed by atoms with van der Waals surface area (Å²) in [6.45, 7) is 12.5. The van der Waals surface area contributed by atoms with Crippen LogP contribution in [-0.4, -0.2) is 105 Å². The molecule has 0 unspecified atom stereocenters. The standard InChI is InChI=1S/C29H39N5O7S2/c1-28(2,3)33-15-13-32(14-16-33)27(38)41-21-10-8-20(9-11-21)17-23(26(36)37)31-25(35)24-29(4,5)42-19-34(24)43(39,40)22-7-6-12-30-18-22/h6-12,18,23-24H,13-17,19H2,1-5H3,(H,31,35)(H,36,37)/t23-,24+/m0/s1. The summed E-state index contributed by atoms with van der Waals surface area (Å²) in [7, 11) is -4.06. The number of amides is 2. The lowest BCUT2D eigenvalue weighted by Crippen LogP contribution is -2.56. The number of piperazine rings is 1. The molecular formula is C29H39N5O7S2. The van der Waals surface area contributed by atoms with Crippen LogP contribution in [0.5, 0.6) is 5.75 Å². The second kappa shape index (κ2) is 12.8. The fourth-order valence-electron chi connectivity index (χ4n) is 5.13. The first kappa shape index (κ1) is 32.7. The molecule has 2 atom stereocenters. The SMILES string of the molecule is CC1(C)SCN(S(=O)(=O)c2cccnc2)[C@@H]1C(=O)N[C@@H](Cc1ccc(OC(=O)N2CCN(C(C)(C)C)CC2)cc1)C(=O)O. The molecule has 2 aliphatic rings. The number of carbonyl (C=O) groups is 3. The minimum atomic E-state index is -4.06. The first-order valence-electron chi connectivity index (χ1n) is 14.0. The number of carbonyl (C=O) groups excluding carboxylic acids is 2. The molecule has 2 aromatic rings. The van der Waals surface area contributed by atoms with Crippen molar-refractivity contribution in [3.05, 3.63) is 54.4 Å². The summed E-state index contributed by atoms with van der Waals surface area (Å²) in [6.07, 6.45) is 2.17. The van der Waals surface area contributed by atoms with Crippen molar-refractivity contribution in [3.63, 3.8) is 0 Å². The molecule has 0 spiro atoms. The van der Waals surface area contributed by atoms with Crippen molar-refractivity contribution < 1.29 is 32.6 Å². The number of aromatic nitrogens is 1. The summed E-state index contributed by atoms with van der Waals surface area (Å²) in [6, 6.07) is 6.88. The molecule has 3 heterocycles. The van der Waals surface area contributed by atoms with Crippen LogP contribution in [0.4, 0.5) is 4.79 Å². The van der Waals surface area contributed by atoms with Crippen molar-refractivity contribution in [1.29, 1.82) is 0 Å². The van der Waals surface area contributed by atoms with Gasteiger partial charge in [-0.2, -0.15) is 4.31 Å². The Morgan fingerprint density at radius 1 is 1.12 bits per heavy atom. The van der Waals surface area contributed by atoms with E-state index in [2.05, 4.69) is 36.0 Å². The van der Waals surface area contributed by atoms with Crippen molar-refractivity contribution in [2.24, 2.45) is 0 Å². The molecule has 12 nitrogen and oxygen atoms in total. The number of thioether (sulfide) groups is 1. The van der Waals surface area contributed by atoms with E-state index in [4.69, 9.17) is 4.74 Å². The number of rotatable bonds is 8. The van der Waals surface area contributed by atoms with Crippen LogP contribution in [-0.2, 0) is 26.0 Å². The Morgan fingerprint density at radius 3 is 2.33 bits per heavy atom. The zero-order valence-electron chi connectivity index (χ0n) is 25.0. The molecule has 2 aliphatic heterocycles. The van der Waals surface area contributed by atoms with Crippen LogP contribution in [0.25, 0.3) is 0 Å². The van der Waals surface area contributed by atoms with Gasteiger partial charge in [-0.15, -0.1) is 11.8 Å². The van der Waals surface area contributed by atoms with E-state index in [0.29, 0.717) is 24.4 Å². The van der Waals surface area contributed by atoms with Crippen molar-refractivity contribution >= 4 is 39.8 Å². The predicted octanol–water partition coefficient (Wildman–Crippen LogP) is 2.65. The van der Waals surface area contributed by atoms with Crippen molar-refractivity contribution in [3.8, 4) is 5.75 Å². The van der Waals surface area contributed by atoms with Crippen molar-refractivity contribution in [2.75, 3.05) is 32.1 Å². The highest BCUT2D eigenvalue weighted by Crippen LogP contribution is 2.42. The first-order valence-corrected chi connectivity index (χ1v) is 16.4. The maximum Gasteiger partial charge on any atom is 0.415 e. The topological polar surface area (TPSA) is 149 Å². The Bertz CT molecular complexity index is 1420. The minimum absolute atomic E-state index is 0.0301. The number of aliphatic carboxylic acids is 1. The number of pyridine rings is 1. The summed E-state index contributed by atoms with van der Waals surface area (Å²) in [4.78, 5) is 46.1. The summed E-state index contributed by atoms with van der Waals surface area (Å²) >= 11 is 1.29. The number of ether oxygens (including phenoxy) is 1. The molecule has 1 aromatic carbocycles. The molecule has 0 bridgehead atoms. The van der Waals surface area contributed by atoms with Gasteiger partial charge in [0.25, 0.3) is 0 Å². The molecule has 234 valence electrons. The van der Waals surface area contributed by atoms with Crippen LogP contribution >= 0.6 is 11.8 Å². The molecule has 0 radical (unpaired) electrons. The molecule has 2 saturated heterocycles. The van der Waals surface area contributed by atoms with Crippen molar-refractivity contribution in [2.45, 2.75) is 68.3 Å². The summed E-state index contributed by atoms with van der Waals surface area (Å²) < 4.78 is 32.5. The molecule has 2 amide bonds. The summed E-state index contributed by atoms with van der Waals surface area (Å²) in [5.41, 5.74) is 0.619. The first-order chi connectivity index (χ1) is 20.1. The molecule has 2 N–H and O–H groups in total. The fraction of sp³-hybridized carbons (Fsp3) is 0.517. The Labute approximate surface area is 256 Å². The van der Waals surface area contributed by atoms with Gasteiger partial charge in [-0.3, -0.25) is 14.7 Å². The average Bonchev–Trinajstić information content (AvgIpc) is 3.29. The number of carboxylic acids is 1. The minimum Gasteiger partial charge on any atom is -0.480 e. The van der Waals surface area contributed by atoms with Crippen LogP contribution in [0.15, 0.2) is 53.7 Å². The largest absolute Gasteiger partial charge is 0.480 e. The van der Waals surface area contributed by atoms with Crippen LogP contribution in [0.3, 0.4) is 0 Å². The maximum absolute atomic E-state index is 13.5. The predicted molar refractivity (Wildman–Crippen MR) is 162 cm³/mol. The number of benzene rings is 1. The van der Waals surface area contributed by atoms with Gasteiger partial charge >= 0.3 is 12.1 Å². The lowest BCUT2D eigenvalue weighted by atomic mass is 10.0. The third kappa shape index (κ3) is 7.66. The van der Waals surface area contributed by atoms with Crippen molar-refractivity contribution in [1.82, 2.24) is 24.4 Å². The molecule has 2 fully saturated rings. The second-order valence-electron chi connectivity index (χ2n) is 12.1. The van der Waals surface area contributed by atoms with E-state index in [-0.39, 0.29) is 22.7 Å². The van der Waals surface area contributed by atoms with Crippen LogP contribution < -0.4 is 10.1 Å². The number of nitrogens with one attached hydrogen (secondary N) is 1. The monoisotopic (exact) mass is 633 g/mol.